The Kier molecular flexibility index (Phi) is 4.67. The van der Waals surface area contributed by atoms with Gasteiger partial charge in [-0.1, -0.05) is 42.5 Å². The van der Waals surface area contributed by atoms with Gasteiger partial charge in [0.1, 0.15) is 10.8 Å². The highest BCUT2D eigenvalue weighted by molar-refractivity contribution is 7.15. The van der Waals surface area contributed by atoms with Crippen molar-refractivity contribution < 1.29 is 9.18 Å². The van der Waals surface area contributed by atoms with E-state index in [-0.39, 0.29) is 17.8 Å². The SMILES string of the molecule is O=C(Nc1ccccc1F)N1CCC[C@H]1c1ncc(-c2ccccc2)s1. The van der Waals surface area contributed by atoms with Crippen molar-refractivity contribution in [2.45, 2.75) is 18.9 Å². The maximum atomic E-state index is 13.8. The summed E-state index contributed by atoms with van der Waals surface area (Å²) in [4.78, 5) is 20.0. The number of benzene rings is 2. The average Bonchev–Trinajstić information content (AvgIpc) is 3.33. The Bertz CT molecular complexity index is 912. The summed E-state index contributed by atoms with van der Waals surface area (Å²) in [5, 5.41) is 3.60. The van der Waals surface area contributed by atoms with Crippen molar-refractivity contribution in [2.75, 3.05) is 11.9 Å². The number of urea groups is 1. The first-order chi connectivity index (χ1) is 12.7. The highest BCUT2D eigenvalue weighted by atomic mass is 32.1. The summed E-state index contributed by atoms with van der Waals surface area (Å²) >= 11 is 1.61. The third-order valence-electron chi connectivity index (χ3n) is 4.50. The number of rotatable bonds is 3. The predicted octanol–water partition coefficient (Wildman–Crippen LogP) is 5.32. The van der Waals surface area contributed by atoms with Gasteiger partial charge in [0.05, 0.1) is 16.6 Å². The number of nitrogens with zero attached hydrogens (tertiary/aromatic N) is 2. The summed E-state index contributed by atoms with van der Waals surface area (Å²) in [5.41, 5.74) is 1.32. The van der Waals surface area contributed by atoms with E-state index in [2.05, 4.69) is 22.4 Å². The van der Waals surface area contributed by atoms with Crippen molar-refractivity contribution >= 4 is 23.1 Å². The van der Waals surface area contributed by atoms with Gasteiger partial charge in [-0.05, 0) is 30.5 Å². The first-order valence-electron chi connectivity index (χ1n) is 8.55. The Morgan fingerprint density at radius 2 is 1.92 bits per heavy atom. The van der Waals surface area contributed by atoms with Crippen LogP contribution >= 0.6 is 11.3 Å². The van der Waals surface area contributed by atoms with Gasteiger partial charge < -0.3 is 10.2 Å². The average molecular weight is 367 g/mol. The predicted molar refractivity (Wildman–Crippen MR) is 102 cm³/mol. The number of carbonyl (C=O) groups is 1. The molecule has 0 saturated carbocycles. The lowest BCUT2D eigenvalue weighted by molar-refractivity contribution is 0.207. The van der Waals surface area contributed by atoms with Crippen molar-refractivity contribution in [3.8, 4) is 10.4 Å². The number of para-hydroxylation sites is 1. The maximum Gasteiger partial charge on any atom is 0.322 e. The number of anilines is 1. The van der Waals surface area contributed by atoms with Crippen LogP contribution < -0.4 is 5.32 Å². The highest BCUT2D eigenvalue weighted by Gasteiger charge is 2.32. The lowest BCUT2D eigenvalue weighted by atomic mass is 10.2. The second-order valence-corrected chi connectivity index (χ2v) is 7.25. The minimum Gasteiger partial charge on any atom is -0.315 e. The molecule has 0 bridgehead atoms. The molecule has 1 N–H and O–H groups in total. The number of likely N-dealkylation sites (tertiary alicyclic amines) is 1. The summed E-state index contributed by atoms with van der Waals surface area (Å²) < 4.78 is 13.8. The van der Waals surface area contributed by atoms with E-state index in [4.69, 9.17) is 0 Å². The van der Waals surface area contributed by atoms with Gasteiger partial charge in [-0.3, -0.25) is 0 Å². The normalized spacial score (nSPS) is 16.7. The smallest absolute Gasteiger partial charge is 0.315 e. The number of halogens is 1. The molecule has 6 heteroatoms. The van der Waals surface area contributed by atoms with Crippen molar-refractivity contribution in [3.05, 3.63) is 71.6 Å². The van der Waals surface area contributed by atoms with Crippen molar-refractivity contribution in [2.24, 2.45) is 0 Å². The van der Waals surface area contributed by atoms with Crippen molar-refractivity contribution in [1.29, 1.82) is 0 Å². The van der Waals surface area contributed by atoms with Crippen LogP contribution in [0.3, 0.4) is 0 Å². The van der Waals surface area contributed by atoms with Gasteiger partial charge in [0.25, 0.3) is 0 Å². The van der Waals surface area contributed by atoms with Crippen LogP contribution in [0.1, 0.15) is 23.9 Å². The maximum absolute atomic E-state index is 13.8. The highest BCUT2D eigenvalue weighted by Crippen LogP contribution is 2.37. The molecular weight excluding hydrogens is 349 g/mol. The first kappa shape index (κ1) is 16.7. The molecule has 2 aromatic carbocycles. The third-order valence-corrected chi connectivity index (χ3v) is 5.64. The molecule has 3 aromatic rings. The zero-order valence-corrected chi connectivity index (χ0v) is 14.9. The van der Waals surface area contributed by atoms with Crippen LogP contribution in [0.5, 0.6) is 0 Å². The molecule has 0 radical (unpaired) electrons. The van der Waals surface area contributed by atoms with Gasteiger partial charge in [0, 0.05) is 12.7 Å². The number of thiazole rings is 1. The number of nitrogens with one attached hydrogen (secondary N) is 1. The minimum absolute atomic E-state index is 0.0655. The van der Waals surface area contributed by atoms with Gasteiger partial charge in [-0.15, -0.1) is 11.3 Å². The Labute approximate surface area is 155 Å². The van der Waals surface area contributed by atoms with Crippen molar-refractivity contribution in [1.82, 2.24) is 9.88 Å². The molecule has 2 heterocycles. The van der Waals surface area contributed by atoms with Crippen LogP contribution in [0.4, 0.5) is 14.9 Å². The van der Waals surface area contributed by atoms with Gasteiger partial charge in [-0.2, -0.15) is 0 Å². The molecule has 2 amide bonds. The second-order valence-electron chi connectivity index (χ2n) is 6.19. The molecule has 0 spiro atoms. The lowest BCUT2D eigenvalue weighted by Crippen LogP contribution is -2.34. The fourth-order valence-electron chi connectivity index (χ4n) is 3.19. The summed E-state index contributed by atoms with van der Waals surface area (Å²) in [5.74, 6) is -0.433. The fraction of sp³-hybridized carbons (Fsp3) is 0.200. The number of carbonyl (C=O) groups excluding carboxylic acids is 1. The Balaban J connectivity index is 1.53. The van der Waals surface area contributed by atoms with E-state index in [1.165, 1.54) is 6.07 Å². The van der Waals surface area contributed by atoms with E-state index in [1.807, 2.05) is 24.4 Å². The summed E-state index contributed by atoms with van der Waals surface area (Å²) in [6.07, 6.45) is 3.64. The molecule has 1 fully saturated rings. The van der Waals surface area contributed by atoms with E-state index in [1.54, 1.807) is 34.4 Å². The minimum atomic E-state index is -0.433. The van der Waals surface area contributed by atoms with Gasteiger partial charge >= 0.3 is 6.03 Å². The van der Waals surface area contributed by atoms with E-state index < -0.39 is 5.82 Å². The molecule has 0 unspecified atom stereocenters. The lowest BCUT2D eigenvalue weighted by Gasteiger charge is -2.23. The molecular formula is C20H18FN3OS. The zero-order chi connectivity index (χ0) is 17.9. The van der Waals surface area contributed by atoms with Crippen LogP contribution in [0.15, 0.2) is 60.8 Å². The molecule has 4 nitrogen and oxygen atoms in total. The van der Waals surface area contributed by atoms with Crippen LogP contribution in [-0.4, -0.2) is 22.5 Å². The summed E-state index contributed by atoms with van der Waals surface area (Å²) in [7, 11) is 0. The Morgan fingerprint density at radius 1 is 1.15 bits per heavy atom. The standard InChI is InChI=1S/C20H18FN3OS/c21-15-9-4-5-10-16(15)23-20(25)24-12-6-11-17(24)19-22-13-18(26-19)14-7-2-1-3-8-14/h1-5,7-10,13,17H,6,11-12H2,(H,23,25)/t17-/m0/s1. The van der Waals surface area contributed by atoms with Crippen molar-refractivity contribution in [3.63, 3.8) is 0 Å². The van der Waals surface area contributed by atoms with Gasteiger partial charge in [-0.25, -0.2) is 14.2 Å². The molecule has 4 rings (SSSR count). The largest absolute Gasteiger partial charge is 0.322 e. The molecule has 1 aromatic heterocycles. The molecule has 1 saturated heterocycles. The van der Waals surface area contributed by atoms with E-state index >= 15 is 0 Å². The zero-order valence-electron chi connectivity index (χ0n) is 14.1. The van der Waals surface area contributed by atoms with Crippen LogP contribution in [0.25, 0.3) is 10.4 Å². The van der Waals surface area contributed by atoms with E-state index in [9.17, 15) is 9.18 Å². The monoisotopic (exact) mass is 367 g/mol. The molecule has 1 aliphatic rings. The number of hydrogen-bond acceptors (Lipinski definition) is 3. The molecule has 132 valence electrons. The van der Waals surface area contributed by atoms with Crippen LogP contribution in [0.2, 0.25) is 0 Å². The second kappa shape index (κ2) is 7.25. The molecule has 0 aliphatic carbocycles. The fourth-order valence-corrected chi connectivity index (χ4v) is 4.26. The third kappa shape index (κ3) is 3.32. The van der Waals surface area contributed by atoms with Crippen LogP contribution in [0, 0.1) is 5.82 Å². The quantitative estimate of drug-likeness (QED) is 0.681. The van der Waals surface area contributed by atoms with E-state index in [0.717, 1.165) is 28.3 Å². The van der Waals surface area contributed by atoms with Crippen LogP contribution in [-0.2, 0) is 0 Å². The Hall–Kier alpha value is -2.73. The first-order valence-corrected chi connectivity index (χ1v) is 9.37. The Morgan fingerprint density at radius 3 is 2.73 bits per heavy atom. The van der Waals surface area contributed by atoms with E-state index in [0.29, 0.717) is 6.54 Å². The summed E-state index contributed by atoms with van der Waals surface area (Å²) in [6, 6.07) is 15.9. The van der Waals surface area contributed by atoms with Gasteiger partial charge in [0.15, 0.2) is 0 Å². The number of aromatic nitrogens is 1. The molecule has 1 aliphatic heterocycles. The number of hydrogen-bond donors (Lipinski definition) is 1. The molecule has 26 heavy (non-hydrogen) atoms. The molecule has 1 atom stereocenters. The topological polar surface area (TPSA) is 45.2 Å². The number of amides is 2. The van der Waals surface area contributed by atoms with Gasteiger partial charge in [0.2, 0.25) is 0 Å². The summed E-state index contributed by atoms with van der Waals surface area (Å²) in [6.45, 7) is 0.644.